The second kappa shape index (κ2) is 6.51. The molecule has 1 N–H and O–H groups in total. The first-order valence-electron chi connectivity index (χ1n) is 8.36. The maximum atomic E-state index is 12.4. The Morgan fingerprint density at radius 1 is 1.32 bits per heavy atom. The summed E-state index contributed by atoms with van der Waals surface area (Å²) in [5.41, 5.74) is 2.03. The van der Waals surface area contributed by atoms with Crippen molar-refractivity contribution in [2.45, 2.75) is 51.5 Å². The van der Waals surface area contributed by atoms with Crippen molar-refractivity contribution < 1.29 is 9.59 Å². The van der Waals surface area contributed by atoms with Gasteiger partial charge in [-0.05, 0) is 37.0 Å². The zero-order valence-electron chi connectivity index (χ0n) is 13.2. The van der Waals surface area contributed by atoms with E-state index in [4.69, 9.17) is 0 Å². The van der Waals surface area contributed by atoms with Crippen LogP contribution in [0, 0.1) is 5.92 Å². The maximum absolute atomic E-state index is 12.4. The van der Waals surface area contributed by atoms with Crippen LogP contribution in [-0.2, 0) is 16.0 Å². The molecule has 118 valence electrons. The van der Waals surface area contributed by atoms with E-state index in [0.29, 0.717) is 19.0 Å². The van der Waals surface area contributed by atoms with Crippen LogP contribution in [0.25, 0.3) is 0 Å². The van der Waals surface area contributed by atoms with Gasteiger partial charge in [0.1, 0.15) is 0 Å². The minimum Gasteiger partial charge on any atom is -0.339 e. The Kier molecular flexibility index (Phi) is 4.46. The van der Waals surface area contributed by atoms with E-state index in [9.17, 15) is 9.59 Å². The van der Waals surface area contributed by atoms with Gasteiger partial charge in [-0.15, -0.1) is 0 Å². The summed E-state index contributed by atoms with van der Waals surface area (Å²) in [6.45, 7) is 2.68. The van der Waals surface area contributed by atoms with Gasteiger partial charge in [0, 0.05) is 24.7 Å². The highest BCUT2D eigenvalue weighted by molar-refractivity contribution is 5.97. The Morgan fingerprint density at radius 2 is 2.09 bits per heavy atom. The van der Waals surface area contributed by atoms with E-state index in [1.165, 1.54) is 18.4 Å². The summed E-state index contributed by atoms with van der Waals surface area (Å²) < 4.78 is 0. The lowest BCUT2D eigenvalue weighted by Gasteiger charge is -2.23. The van der Waals surface area contributed by atoms with Crippen LogP contribution in [-0.4, -0.2) is 29.3 Å². The molecule has 0 bridgehead atoms. The van der Waals surface area contributed by atoms with Crippen molar-refractivity contribution in [1.29, 1.82) is 0 Å². The SMILES string of the molecule is CCc1cccc(NC(=O)[C@H]2CC(=O)N(C3CCCC3)C2)c1. The first-order chi connectivity index (χ1) is 10.7. The third-order valence-electron chi connectivity index (χ3n) is 4.90. The maximum Gasteiger partial charge on any atom is 0.229 e. The van der Waals surface area contributed by atoms with E-state index in [0.717, 1.165) is 24.9 Å². The molecule has 1 heterocycles. The van der Waals surface area contributed by atoms with Gasteiger partial charge in [-0.25, -0.2) is 0 Å². The molecule has 2 aliphatic rings. The fourth-order valence-electron chi connectivity index (χ4n) is 3.59. The number of carbonyl (C=O) groups is 2. The van der Waals surface area contributed by atoms with Gasteiger partial charge in [-0.1, -0.05) is 31.9 Å². The molecule has 2 fully saturated rings. The fourth-order valence-corrected chi connectivity index (χ4v) is 3.59. The first-order valence-corrected chi connectivity index (χ1v) is 8.36. The Hall–Kier alpha value is -1.84. The van der Waals surface area contributed by atoms with Gasteiger partial charge in [-0.2, -0.15) is 0 Å². The molecule has 1 aromatic carbocycles. The summed E-state index contributed by atoms with van der Waals surface area (Å²) in [4.78, 5) is 26.5. The molecule has 4 nitrogen and oxygen atoms in total. The highest BCUT2D eigenvalue weighted by Crippen LogP contribution is 2.30. The van der Waals surface area contributed by atoms with Crippen molar-refractivity contribution in [3.63, 3.8) is 0 Å². The Bertz CT molecular complexity index is 564. The highest BCUT2D eigenvalue weighted by Gasteiger charge is 2.38. The number of nitrogens with zero attached hydrogens (tertiary/aromatic N) is 1. The van der Waals surface area contributed by atoms with Crippen LogP contribution in [0.5, 0.6) is 0 Å². The summed E-state index contributed by atoms with van der Waals surface area (Å²) in [7, 11) is 0. The van der Waals surface area contributed by atoms with Crippen molar-refractivity contribution in [3.05, 3.63) is 29.8 Å². The molecule has 3 rings (SSSR count). The molecule has 0 unspecified atom stereocenters. The van der Waals surface area contributed by atoms with E-state index in [1.54, 1.807) is 0 Å². The minimum absolute atomic E-state index is 0.0258. The minimum atomic E-state index is -0.210. The summed E-state index contributed by atoms with van der Waals surface area (Å²) in [6, 6.07) is 8.29. The average molecular weight is 300 g/mol. The summed E-state index contributed by atoms with van der Waals surface area (Å²) in [6.07, 6.45) is 5.90. The number of nitrogens with one attached hydrogen (secondary N) is 1. The van der Waals surface area contributed by atoms with Gasteiger partial charge in [0.05, 0.1) is 5.92 Å². The lowest BCUT2D eigenvalue weighted by Crippen LogP contribution is -2.35. The molecular formula is C18H24N2O2. The third kappa shape index (κ3) is 3.16. The normalized spacial score (nSPS) is 22.3. The second-order valence-corrected chi connectivity index (χ2v) is 6.43. The second-order valence-electron chi connectivity index (χ2n) is 6.43. The number of aryl methyl sites for hydroxylation is 1. The molecule has 1 aliphatic heterocycles. The molecular weight excluding hydrogens is 276 g/mol. The molecule has 22 heavy (non-hydrogen) atoms. The van der Waals surface area contributed by atoms with Gasteiger partial charge in [0.15, 0.2) is 0 Å². The number of hydrogen-bond donors (Lipinski definition) is 1. The number of amides is 2. The van der Waals surface area contributed by atoms with Gasteiger partial charge in [0.25, 0.3) is 0 Å². The quantitative estimate of drug-likeness (QED) is 0.929. The van der Waals surface area contributed by atoms with E-state index in [2.05, 4.69) is 18.3 Å². The number of likely N-dealkylation sites (tertiary alicyclic amines) is 1. The Balaban J connectivity index is 1.62. The van der Waals surface area contributed by atoms with Gasteiger partial charge in [0.2, 0.25) is 11.8 Å². The monoisotopic (exact) mass is 300 g/mol. The third-order valence-corrected chi connectivity index (χ3v) is 4.90. The molecule has 0 aromatic heterocycles. The number of carbonyl (C=O) groups excluding carboxylic acids is 2. The van der Waals surface area contributed by atoms with Crippen molar-refractivity contribution in [1.82, 2.24) is 4.90 Å². The van der Waals surface area contributed by atoms with Gasteiger partial charge in [-0.3, -0.25) is 9.59 Å². The lowest BCUT2D eigenvalue weighted by atomic mass is 10.1. The van der Waals surface area contributed by atoms with Gasteiger partial charge >= 0.3 is 0 Å². The zero-order chi connectivity index (χ0) is 15.5. The van der Waals surface area contributed by atoms with Crippen molar-refractivity contribution >= 4 is 17.5 Å². The first kappa shape index (κ1) is 15.1. The smallest absolute Gasteiger partial charge is 0.229 e. The van der Waals surface area contributed by atoms with Crippen LogP contribution in [0.4, 0.5) is 5.69 Å². The molecule has 0 spiro atoms. The Morgan fingerprint density at radius 3 is 2.82 bits per heavy atom. The molecule has 1 saturated heterocycles. The molecule has 4 heteroatoms. The summed E-state index contributed by atoms with van der Waals surface area (Å²) in [5.74, 6) is -0.0881. The van der Waals surface area contributed by atoms with Crippen molar-refractivity contribution in [3.8, 4) is 0 Å². The number of anilines is 1. The fraction of sp³-hybridized carbons (Fsp3) is 0.556. The van der Waals surface area contributed by atoms with Crippen LogP contribution in [0.1, 0.15) is 44.6 Å². The molecule has 2 amide bonds. The average Bonchev–Trinajstić information content (AvgIpc) is 3.16. The largest absolute Gasteiger partial charge is 0.339 e. The molecule has 1 atom stereocenters. The predicted molar refractivity (Wildman–Crippen MR) is 86.5 cm³/mol. The number of hydrogen-bond acceptors (Lipinski definition) is 2. The van der Waals surface area contributed by atoms with Crippen LogP contribution in [0.3, 0.4) is 0 Å². The van der Waals surface area contributed by atoms with E-state index >= 15 is 0 Å². The van der Waals surface area contributed by atoms with E-state index in [-0.39, 0.29) is 17.7 Å². The van der Waals surface area contributed by atoms with Crippen LogP contribution in [0.2, 0.25) is 0 Å². The topological polar surface area (TPSA) is 49.4 Å². The summed E-state index contributed by atoms with van der Waals surface area (Å²) in [5, 5.41) is 2.97. The highest BCUT2D eigenvalue weighted by atomic mass is 16.2. The Labute approximate surface area is 131 Å². The molecule has 1 aromatic rings. The number of benzene rings is 1. The van der Waals surface area contributed by atoms with Crippen molar-refractivity contribution in [2.75, 3.05) is 11.9 Å². The number of rotatable bonds is 4. The summed E-state index contributed by atoms with van der Waals surface area (Å²) >= 11 is 0. The van der Waals surface area contributed by atoms with Crippen LogP contribution >= 0.6 is 0 Å². The zero-order valence-corrected chi connectivity index (χ0v) is 13.2. The van der Waals surface area contributed by atoms with Gasteiger partial charge < -0.3 is 10.2 Å². The van der Waals surface area contributed by atoms with E-state index in [1.807, 2.05) is 23.1 Å². The molecule has 0 radical (unpaired) electrons. The van der Waals surface area contributed by atoms with Crippen molar-refractivity contribution in [2.24, 2.45) is 5.92 Å². The van der Waals surface area contributed by atoms with Crippen LogP contribution < -0.4 is 5.32 Å². The lowest BCUT2D eigenvalue weighted by molar-refractivity contribution is -0.129. The standard InChI is InChI=1S/C18H24N2O2/c1-2-13-6-5-7-15(10-13)19-18(22)14-11-17(21)20(12-14)16-8-3-4-9-16/h5-7,10,14,16H,2-4,8-9,11-12H2,1H3,(H,19,22)/t14-/m0/s1. The predicted octanol–water partition coefficient (Wildman–Crippen LogP) is 2.98. The van der Waals surface area contributed by atoms with Crippen LogP contribution in [0.15, 0.2) is 24.3 Å². The molecule has 1 saturated carbocycles. The molecule has 1 aliphatic carbocycles. The van der Waals surface area contributed by atoms with E-state index < -0.39 is 0 Å².